The van der Waals surface area contributed by atoms with E-state index in [0.29, 0.717) is 0 Å². The molecule has 0 bridgehead atoms. The molecule has 1 rings (SSSR count). The van der Waals surface area contributed by atoms with Gasteiger partial charge in [-0.2, -0.15) is 0 Å². The van der Waals surface area contributed by atoms with Crippen LogP contribution in [0.2, 0.25) is 5.02 Å². The Bertz CT molecular complexity index is 577. The largest absolute Gasteiger partial charge is 0.398 e. The Balaban J connectivity index is 3.02. The topological polar surface area (TPSA) is 115 Å². The zero-order chi connectivity index (χ0) is 13.9. The summed E-state index contributed by atoms with van der Waals surface area (Å²) in [6.07, 6.45) is -0.0904. The highest BCUT2D eigenvalue weighted by Crippen LogP contribution is 2.31. The molecule has 9 heteroatoms. The van der Waals surface area contributed by atoms with Crippen LogP contribution in [-0.2, 0) is 14.8 Å². The van der Waals surface area contributed by atoms with E-state index < -0.39 is 15.9 Å². The summed E-state index contributed by atoms with van der Waals surface area (Å²) in [6.45, 7) is -0.0868. The molecule has 0 aliphatic heterocycles. The van der Waals surface area contributed by atoms with Crippen LogP contribution in [0.25, 0.3) is 0 Å². The van der Waals surface area contributed by atoms with E-state index in [1.54, 1.807) is 0 Å². The number of benzene rings is 1. The Hall–Kier alpha value is -0.830. The minimum atomic E-state index is -3.80. The third kappa shape index (κ3) is 3.84. The van der Waals surface area contributed by atoms with Crippen LogP contribution < -0.4 is 16.2 Å². The van der Waals surface area contributed by atoms with E-state index in [0.717, 1.165) is 0 Å². The second kappa shape index (κ2) is 5.87. The van der Waals surface area contributed by atoms with E-state index in [1.165, 1.54) is 12.1 Å². The Morgan fingerprint density at radius 3 is 2.61 bits per heavy atom. The second-order valence-corrected chi connectivity index (χ2v) is 6.39. The van der Waals surface area contributed by atoms with E-state index in [1.807, 2.05) is 0 Å². The van der Waals surface area contributed by atoms with Gasteiger partial charge in [-0.3, -0.25) is 4.79 Å². The molecule has 0 saturated carbocycles. The first kappa shape index (κ1) is 15.2. The first-order valence-electron chi connectivity index (χ1n) is 4.76. The predicted molar refractivity (Wildman–Crippen MR) is 72.6 cm³/mol. The van der Waals surface area contributed by atoms with Crippen LogP contribution in [-0.4, -0.2) is 20.9 Å². The third-order valence-electron chi connectivity index (χ3n) is 1.99. The molecule has 18 heavy (non-hydrogen) atoms. The first-order chi connectivity index (χ1) is 8.24. The molecule has 0 saturated heterocycles. The molecule has 0 unspecified atom stereocenters. The van der Waals surface area contributed by atoms with Crippen LogP contribution in [0.1, 0.15) is 6.42 Å². The maximum atomic E-state index is 11.9. The van der Waals surface area contributed by atoms with E-state index in [2.05, 4.69) is 20.7 Å². The van der Waals surface area contributed by atoms with Gasteiger partial charge >= 0.3 is 0 Å². The molecule has 0 spiro atoms. The number of nitrogens with one attached hydrogen (secondary N) is 1. The fourth-order valence-electron chi connectivity index (χ4n) is 1.17. The summed E-state index contributed by atoms with van der Waals surface area (Å²) >= 11 is 8.82. The van der Waals surface area contributed by atoms with Gasteiger partial charge in [-0.1, -0.05) is 11.6 Å². The zero-order valence-electron chi connectivity index (χ0n) is 9.11. The molecule has 0 aliphatic carbocycles. The van der Waals surface area contributed by atoms with Gasteiger partial charge in [0.15, 0.2) is 0 Å². The molecule has 1 aromatic carbocycles. The van der Waals surface area contributed by atoms with Crippen molar-refractivity contribution in [1.82, 2.24) is 4.72 Å². The van der Waals surface area contributed by atoms with Gasteiger partial charge in [0, 0.05) is 23.7 Å². The number of hydrogen-bond donors (Lipinski definition) is 3. The van der Waals surface area contributed by atoms with Gasteiger partial charge in [-0.15, -0.1) is 0 Å². The second-order valence-electron chi connectivity index (χ2n) is 3.42. The lowest BCUT2D eigenvalue weighted by Gasteiger charge is -2.10. The number of nitrogens with two attached hydrogens (primary N) is 2. The van der Waals surface area contributed by atoms with Crippen molar-refractivity contribution in [2.45, 2.75) is 11.3 Å². The van der Waals surface area contributed by atoms with Crippen molar-refractivity contribution in [2.75, 3.05) is 12.3 Å². The van der Waals surface area contributed by atoms with Crippen LogP contribution in [0.4, 0.5) is 5.69 Å². The number of nitrogen functional groups attached to an aromatic ring is 1. The summed E-state index contributed by atoms with van der Waals surface area (Å²) in [5.41, 5.74) is 10.7. The quantitative estimate of drug-likeness (QED) is 0.678. The summed E-state index contributed by atoms with van der Waals surface area (Å²) in [4.78, 5) is 10.4. The van der Waals surface area contributed by atoms with Crippen molar-refractivity contribution >= 4 is 49.1 Å². The summed E-state index contributed by atoms with van der Waals surface area (Å²) in [6, 6.07) is 2.68. The van der Waals surface area contributed by atoms with Gasteiger partial charge in [0.25, 0.3) is 0 Å². The Kier molecular flexibility index (Phi) is 4.97. The van der Waals surface area contributed by atoms with E-state index in [9.17, 15) is 13.2 Å². The van der Waals surface area contributed by atoms with Crippen molar-refractivity contribution < 1.29 is 13.2 Å². The first-order valence-corrected chi connectivity index (χ1v) is 7.42. The fourth-order valence-corrected chi connectivity index (χ4v) is 3.49. The number of carbonyl (C=O) groups excluding carboxylic acids is 1. The third-order valence-corrected chi connectivity index (χ3v) is 4.84. The molecule has 0 heterocycles. The fraction of sp³-hybridized carbons (Fsp3) is 0.222. The number of sulfonamides is 1. The van der Waals surface area contributed by atoms with Crippen molar-refractivity contribution in [3.63, 3.8) is 0 Å². The van der Waals surface area contributed by atoms with Gasteiger partial charge < -0.3 is 11.5 Å². The lowest BCUT2D eigenvalue weighted by molar-refractivity contribution is -0.117. The molecule has 0 fully saturated rings. The van der Waals surface area contributed by atoms with E-state index >= 15 is 0 Å². The number of primary amides is 1. The van der Waals surface area contributed by atoms with Crippen molar-refractivity contribution in [1.29, 1.82) is 0 Å². The molecule has 6 nitrogen and oxygen atoms in total. The predicted octanol–water partition coefficient (Wildman–Crippen LogP) is 0.838. The number of rotatable bonds is 5. The SMILES string of the molecule is NC(=O)CCNS(=O)(=O)c1cc(Cl)cc(N)c1Br. The maximum absolute atomic E-state index is 11.9. The highest BCUT2D eigenvalue weighted by atomic mass is 79.9. The number of carbonyl (C=O) groups is 1. The lowest BCUT2D eigenvalue weighted by atomic mass is 10.3. The number of anilines is 1. The normalized spacial score (nSPS) is 11.4. The van der Waals surface area contributed by atoms with Gasteiger partial charge in [0.1, 0.15) is 0 Å². The van der Waals surface area contributed by atoms with Gasteiger partial charge in [-0.05, 0) is 28.1 Å². The van der Waals surface area contributed by atoms with Crippen LogP contribution in [0.3, 0.4) is 0 Å². The number of hydrogen-bond acceptors (Lipinski definition) is 4. The van der Waals surface area contributed by atoms with Crippen LogP contribution >= 0.6 is 27.5 Å². The molecule has 1 aromatic rings. The molecular formula is C9H11BrClN3O3S. The summed E-state index contributed by atoms with van der Waals surface area (Å²) < 4.78 is 26.3. The number of halogens is 2. The molecule has 1 amide bonds. The molecule has 100 valence electrons. The minimum absolute atomic E-state index is 0.0861. The summed E-state index contributed by atoms with van der Waals surface area (Å²) in [7, 11) is -3.80. The lowest BCUT2D eigenvalue weighted by Crippen LogP contribution is -2.28. The molecular weight excluding hydrogens is 346 g/mol. The van der Waals surface area contributed by atoms with Crippen molar-refractivity contribution in [2.24, 2.45) is 5.73 Å². The summed E-state index contributed by atoms with van der Waals surface area (Å²) in [5, 5.41) is 0.200. The molecule has 0 atom stereocenters. The van der Waals surface area contributed by atoms with E-state index in [-0.39, 0.29) is 33.0 Å². The highest BCUT2D eigenvalue weighted by molar-refractivity contribution is 9.10. The molecule has 0 aromatic heterocycles. The van der Waals surface area contributed by atoms with Crippen LogP contribution in [0, 0.1) is 0 Å². The highest BCUT2D eigenvalue weighted by Gasteiger charge is 2.19. The monoisotopic (exact) mass is 355 g/mol. The zero-order valence-corrected chi connectivity index (χ0v) is 12.3. The van der Waals surface area contributed by atoms with Crippen molar-refractivity contribution in [3.8, 4) is 0 Å². The van der Waals surface area contributed by atoms with Gasteiger partial charge in [0.2, 0.25) is 15.9 Å². The average molecular weight is 357 g/mol. The summed E-state index contributed by atoms with van der Waals surface area (Å²) in [5.74, 6) is -0.595. The van der Waals surface area contributed by atoms with Crippen LogP contribution in [0.5, 0.6) is 0 Å². The Morgan fingerprint density at radius 1 is 1.44 bits per heavy atom. The van der Waals surface area contributed by atoms with Gasteiger partial charge in [0.05, 0.1) is 9.37 Å². The number of amides is 1. The standard InChI is InChI=1S/C9H11BrClN3O3S/c10-9-6(12)3-5(11)4-7(9)18(16,17)14-2-1-8(13)15/h3-4,14H,1-2,12H2,(H2,13,15). The molecule has 0 radical (unpaired) electrons. The smallest absolute Gasteiger partial charge is 0.241 e. The van der Waals surface area contributed by atoms with Gasteiger partial charge in [-0.25, -0.2) is 13.1 Å². The maximum Gasteiger partial charge on any atom is 0.241 e. The Morgan fingerprint density at radius 2 is 2.06 bits per heavy atom. The Labute approximate surface area is 118 Å². The minimum Gasteiger partial charge on any atom is -0.398 e. The molecule has 0 aliphatic rings. The molecule has 5 N–H and O–H groups in total. The van der Waals surface area contributed by atoms with E-state index in [4.69, 9.17) is 23.1 Å². The van der Waals surface area contributed by atoms with Crippen molar-refractivity contribution in [3.05, 3.63) is 21.6 Å². The van der Waals surface area contributed by atoms with Crippen LogP contribution in [0.15, 0.2) is 21.5 Å². The average Bonchev–Trinajstić information content (AvgIpc) is 2.22.